The minimum atomic E-state index is -1.26. The molecule has 1 aromatic heterocycles. The molecule has 3 heterocycles. The summed E-state index contributed by atoms with van der Waals surface area (Å²) in [5, 5.41) is 33.2. The topological polar surface area (TPSA) is 133 Å². The van der Waals surface area contributed by atoms with E-state index >= 15 is 0 Å². The van der Waals surface area contributed by atoms with E-state index in [4.69, 9.17) is 14.7 Å². The van der Waals surface area contributed by atoms with Gasteiger partial charge in [0.25, 0.3) is 0 Å². The molecule has 2 fully saturated rings. The molecular formula is C28H40N2O6S. The van der Waals surface area contributed by atoms with Crippen molar-refractivity contribution in [1.29, 1.82) is 5.26 Å². The molecule has 7 atom stereocenters. The molecule has 2 aliphatic rings. The maximum absolute atomic E-state index is 13.2. The van der Waals surface area contributed by atoms with Gasteiger partial charge in [0.15, 0.2) is 0 Å². The van der Waals surface area contributed by atoms with Crippen LogP contribution in [-0.2, 0) is 25.5 Å². The maximum atomic E-state index is 13.2. The van der Waals surface area contributed by atoms with Gasteiger partial charge in [-0.15, -0.1) is 11.3 Å². The number of aromatic nitrogens is 1. The Balaban J connectivity index is 1.85. The number of cyclic esters (lactones) is 1. The number of aliphatic hydroxyl groups excluding tert-OH is 2. The second kappa shape index (κ2) is 11.7. The van der Waals surface area contributed by atoms with Gasteiger partial charge >= 0.3 is 5.97 Å². The minimum Gasteiger partial charge on any atom is -0.458 e. The summed E-state index contributed by atoms with van der Waals surface area (Å²) in [7, 11) is 0. The first kappa shape index (κ1) is 29.4. The van der Waals surface area contributed by atoms with Crippen LogP contribution in [-0.4, -0.2) is 57.0 Å². The molecule has 0 spiro atoms. The van der Waals surface area contributed by atoms with Crippen LogP contribution in [0.1, 0.15) is 84.3 Å². The molecule has 0 aromatic carbocycles. The number of esters is 1. The van der Waals surface area contributed by atoms with Crippen molar-refractivity contribution in [2.24, 2.45) is 17.3 Å². The van der Waals surface area contributed by atoms with Gasteiger partial charge in [-0.3, -0.25) is 9.59 Å². The molecule has 0 radical (unpaired) electrons. The lowest BCUT2D eigenvalue weighted by atomic mass is 9.73. The fourth-order valence-electron chi connectivity index (χ4n) is 5.16. The number of thiazole rings is 1. The van der Waals surface area contributed by atoms with Gasteiger partial charge in [-0.25, -0.2) is 4.98 Å². The third-order valence-electron chi connectivity index (χ3n) is 8.09. The highest BCUT2D eigenvalue weighted by molar-refractivity contribution is 7.09. The Morgan fingerprint density at radius 2 is 2.00 bits per heavy atom. The summed E-state index contributed by atoms with van der Waals surface area (Å²) in [6, 6.07) is 2.09. The summed E-state index contributed by atoms with van der Waals surface area (Å²) >= 11 is 1.41. The second-order valence-electron chi connectivity index (χ2n) is 11.5. The minimum absolute atomic E-state index is 0.0896. The molecule has 0 unspecified atom stereocenters. The average Bonchev–Trinajstić information content (AvgIpc) is 3.24. The summed E-state index contributed by atoms with van der Waals surface area (Å²) in [6.07, 6.45) is 1.83. The molecule has 3 rings (SSSR count). The van der Waals surface area contributed by atoms with Crippen LogP contribution < -0.4 is 0 Å². The van der Waals surface area contributed by atoms with Crippen LogP contribution in [0.15, 0.2) is 11.0 Å². The number of carbonyl (C=O) groups is 2. The largest absolute Gasteiger partial charge is 0.458 e. The molecule has 8 nitrogen and oxygen atoms in total. The highest BCUT2D eigenvalue weighted by atomic mass is 32.1. The Morgan fingerprint density at radius 3 is 2.68 bits per heavy atom. The van der Waals surface area contributed by atoms with Crippen molar-refractivity contribution in [3.63, 3.8) is 0 Å². The Morgan fingerprint density at radius 1 is 1.30 bits per heavy atom. The number of aliphatic hydroxyl groups is 2. The van der Waals surface area contributed by atoms with Crippen molar-refractivity contribution < 1.29 is 29.3 Å². The molecule has 1 aromatic rings. The van der Waals surface area contributed by atoms with Gasteiger partial charge in [-0.05, 0) is 44.3 Å². The number of nitrogens with zero attached hydrogens (tertiary/aromatic N) is 2. The molecule has 37 heavy (non-hydrogen) atoms. The Bertz CT molecular complexity index is 1060. The van der Waals surface area contributed by atoms with Crippen LogP contribution in [0.3, 0.4) is 0 Å². The number of hydrogen-bond donors (Lipinski definition) is 2. The van der Waals surface area contributed by atoms with Gasteiger partial charge in [0, 0.05) is 17.7 Å². The summed E-state index contributed by atoms with van der Waals surface area (Å²) in [5.41, 5.74) is -0.0806. The first-order chi connectivity index (χ1) is 17.3. The Labute approximate surface area is 223 Å². The lowest BCUT2D eigenvalue weighted by Gasteiger charge is -2.34. The van der Waals surface area contributed by atoms with Crippen LogP contribution in [0.25, 0.3) is 6.08 Å². The molecular weight excluding hydrogens is 492 g/mol. The van der Waals surface area contributed by atoms with E-state index in [1.807, 2.05) is 32.2 Å². The lowest BCUT2D eigenvalue weighted by Crippen LogP contribution is -2.45. The standard InChI is InChI=1S/C28H40N2O6S/c1-16-8-7-10-28(6)22(36-28)13-20(17(2)12-19-15-37-23(30-19)9-11-29)35-24(32)14-21(31)27(4,5)26(34)18(3)25(16)33/h12,15-16,18,20-22,25,31,33H,7-10,13-14H2,1-6H3/t16-,18+,20-,21-,22-,25-,28+/m0/s1. The smallest absolute Gasteiger partial charge is 0.309 e. The third-order valence-corrected chi connectivity index (χ3v) is 8.96. The zero-order valence-corrected chi connectivity index (χ0v) is 23.5. The molecule has 0 bridgehead atoms. The Kier molecular flexibility index (Phi) is 9.33. The summed E-state index contributed by atoms with van der Waals surface area (Å²) in [4.78, 5) is 30.7. The van der Waals surface area contributed by atoms with Crippen LogP contribution in [0.2, 0.25) is 0 Å². The van der Waals surface area contributed by atoms with E-state index in [2.05, 4.69) is 11.1 Å². The predicted octanol–water partition coefficient (Wildman–Crippen LogP) is 4.24. The second-order valence-corrected chi connectivity index (χ2v) is 12.4. The van der Waals surface area contributed by atoms with Crippen LogP contribution in [0, 0.1) is 28.6 Å². The molecule has 2 N–H and O–H groups in total. The van der Waals surface area contributed by atoms with Gasteiger partial charge in [-0.2, -0.15) is 5.26 Å². The number of hydrogen-bond acceptors (Lipinski definition) is 9. The third kappa shape index (κ3) is 7.05. The number of fused-ring (bicyclic) bond motifs is 1. The average molecular weight is 533 g/mol. The first-order valence-corrected chi connectivity index (χ1v) is 13.9. The normalized spacial score (nSPS) is 35.8. The highest BCUT2D eigenvalue weighted by Gasteiger charge is 2.53. The molecule has 2 saturated heterocycles. The summed E-state index contributed by atoms with van der Waals surface area (Å²) in [6.45, 7) is 10.8. The van der Waals surface area contributed by atoms with E-state index < -0.39 is 35.6 Å². The number of nitriles is 1. The highest BCUT2D eigenvalue weighted by Crippen LogP contribution is 2.45. The van der Waals surface area contributed by atoms with E-state index in [1.54, 1.807) is 20.8 Å². The Hall–Kier alpha value is -2.12. The fraction of sp³-hybridized carbons (Fsp3) is 0.714. The molecule has 0 amide bonds. The molecule has 0 saturated carbocycles. The summed E-state index contributed by atoms with van der Waals surface area (Å²) in [5.74, 6) is -1.65. The van der Waals surface area contributed by atoms with Gasteiger partial charge in [0.05, 0.1) is 53.9 Å². The van der Waals surface area contributed by atoms with Crippen LogP contribution in [0.5, 0.6) is 0 Å². The van der Waals surface area contributed by atoms with Crippen molar-refractivity contribution in [3.05, 3.63) is 21.7 Å². The van der Waals surface area contributed by atoms with Gasteiger partial charge < -0.3 is 19.7 Å². The predicted molar refractivity (Wildman–Crippen MR) is 140 cm³/mol. The van der Waals surface area contributed by atoms with Crippen LogP contribution in [0.4, 0.5) is 0 Å². The van der Waals surface area contributed by atoms with E-state index in [-0.39, 0.29) is 36.2 Å². The van der Waals surface area contributed by atoms with Crippen molar-refractivity contribution >= 4 is 29.2 Å². The number of Topliss-reactive ketones (excluding diaryl/α,β-unsaturated/α-hetero) is 1. The van der Waals surface area contributed by atoms with E-state index in [1.165, 1.54) is 11.3 Å². The van der Waals surface area contributed by atoms with Crippen molar-refractivity contribution in [2.75, 3.05) is 0 Å². The van der Waals surface area contributed by atoms with Crippen molar-refractivity contribution in [2.45, 2.75) is 110 Å². The quantitative estimate of drug-likeness (QED) is 0.436. The summed E-state index contributed by atoms with van der Waals surface area (Å²) < 4.78 is 11.9. The number of ether oxygens (including phenoxy) is 2. The number of carbonyl (C=O) groups excluding carboxylic acids is 2. The monoisotopic (exact) mass is 532 g/mol. The van der Waals surface area contributed by atoms with E-state index in [9.17, 15) is 19.8 Å². The lowest BCUT2D eigenvalue weighted by molar-refractivity contribution is -0.154. The zero-order chi connectivity index (χ0) is 27.5. The van der Waals surface area contributed by atoms with Gasteiger partial charge in [0.1, 0.15) is 16.9 Å². The first-order valence-electron chi connectivity index (χ1n) is 13.1. The fourth-order valence-corrected chi connectivity index (χ4v) is 5.84. The SMILES string of the molecule is CC(=Cc1csc(CC#N)n1)[C@@H]1C[C@@H]2O[C@]2(C)CCC[C@H](C)[C@H](O)[C@@H](C)C(=O)C(C)(C)[C@@H](O)CC(=O)O1. The zero-order valence-electron chi connectivity index (χ0n) is 22.7. The molecule has 204 valence electrons. The van der Waals surface area contributed by atoms with E-state index in [0.717, 1.165) is 29.8 Å². The molecule has 2 aliphatic heterocycles. The number of epoxide rings is 1. The van der Waals surface area contributed by atoms with Gasteiger partial charge in [0.2, 0.25) is 0 Å². The van der Waals surface area contributed by atoms with Gasteiger partial charge in [-0.1, -0.05) is 34.1 Å². The maximum Gasteiger partial charge on any atom is 0.309 e. The number of rotatable bonds is 3. The number of ketones is 1. The van der Waals surface area contributed by atoms with Crippen molar-refractivity contribution in [1.82, 2.24) is 4.98 Å². The molecule has 9 heteroatoms. The van der Waals surface area contributed by atoms with Crippen molar-refractivity contribution in [3.8, 4) is 6.07 Å². The van der Waals surface area contributed by atoms with Crippen LogP contribution >= 0.6 is 11.3 Å². The molecule has 0 aliphatic carbocycles. The van der Waals surface area contributed by atoms with E-state index in [0.29, 0.717) is 12.1 Å².